The predicted molar refractivity (Wildman–Crippen MR) is 107 cm³/mol. The third kappa shape index (κ3) is 7.04. The van der Waals surface area contributed by atoms with Crippen LogP contribution >= 0.6 is 0 Å². The minimum absolute atomic E-state index is 0.0519. The lowest BCUT2D eigenvalue weighted by atomic mass is 10.2. The van der Waals surface area contributed by atoms with Gasteiger partial charge in [0.2, 0.25) is 11.8 Å². The molecule has 6 nitrogen and oxygen atoms in total. The Morgan fingerprint density at radius 3 is 2.23 bits per heavy atom. The molecule has 0 saturated carbocycles. The Kier molecular flexibility index (Phi) is 8.41. The Balaban J connectivity index is 1.78. The Hall–Kier alpha value is -2.08. The van der Waals surface area contributed by atoms with Gasteiger partial charge in [-0.1, -0.05) is 19.8 Å². The highest BCUT2D eigenvalue weighted by molar-refractivity contribution is 5.92. The molecule has 0 aliphatic carbocycles. The molecule has 6 heteroatoms. The molecular weight excluding hydrogens is 328 g/mol. The molecule has 1 fully saturated rings. The number of carbonyl (C=O) groups is 2. The number of likely N-dealkylation sites (N-methyl/N-ethyl adjacent to an activating group) is 1. The first-order chi connectivity index (χ1) is 12.6. The molecule has 0 unspecified atom stereocenters. The third-order valence-corrected chi connectivity index (χ3v) is 4.52. The normalized spacial score (nSPS) is 14.8. The summed E-state index contributed by atoms with van der Waals surface area (Å²) in [6.07, 6.45) is 6.03. The number of nitrogens with zero attached hydrogens (tertiary/aromatic N) is 2. The molecule has 26 heavy (non-hydrogen) atoms. The molecule has 0 aromatic heterocycles. The lowest BCUT2D eigenvalue weighted by molar-refractivity contribution is -0.122. The fourth-order valence-electron chi connectivity index (χ4n) is 3.15. The summed E-state index contributed by atoms with van der Waals surface area (Å²) in [4.78, 5) is 28.0. The Morgan fingerprint density at radius 1 is 1.00 bits per heavy atom. The van der Waals surface area contributed by atoms with Gasteiger partial charge in [-0.2, -0.15) is 0 Å². The van der Waals surface area contributed by atoms with Crippen LogP contribution in [0.25, 0.3) is 0 Å². The van der Waals surface area contributed by atoms with E-state index in [0.29, 0.717) is 6.54 Å². The topological polar surface area (TPSA) is 64.7 Å². The lowest BCUT2D eigenvalue weighted by Gasteiger charge is -2.23. The van der Waals surface area contributed by atoms with Gasteiger partial charge in [-0.3, -0.25) is 14.5 Å². The van der Waals surface area contributed by atoms with Crippen LogP contribution in [0.3, 0.4) is 0 Å². The smallest absolute Gasteiger partial charge is 0.238 e. The van der Waals surface area contributed by atoms with Crippen LogP contribution in [0.4, 0.5) is 11.4 Å². The minimum Gasteiger partial charge on any atom is -0.372 e. The van der Waals surface area contributed by atoms with Crippen LogP contribution in [0, 0.1) is 0 Å². The molecule has 0 spiro atoms. The maximum atomic E-state index is 12.2. The quantitative estimate of drug-likeness (QED) is 0.747. The van der Waals surface area contributed by atoms with Gasteiger partial charge in [-0.15, -0.1) is 0 Å². The van der Waals surface area contributed by atoms with Gasteiger partial charge in [-0.25, -0.2) is 0 Å². The second-order valence-corrected chi connectivity index (χ2v) is 7.02. The van der Waals surface area contributed by atoms with E-state index < -0.39 is 0 Å². The van der Waals surface area contributed by atoms with Crippen molar-refractivity contribution in [1.82, 2.24) is 10.2 Å². The average Bonchev–Trinajstić information content (AvgIpc) is 2.89. The molecule has 2 N–H and O–H groups in total. The van der Waals surface area contributed by atoms with Crippen LogP contribution in [0.15, 0.2) is 24.3 Å². The summed E-state index contributed by atoms with van der Waals surface area (Å²) in [6, 6.07) is 8.05. The van der Waals surface area contributed by atoms with Gasteiger partial charge in [-0.05, 0) is 50.6 Å². The first kappa shape index (κ1) is 20.2. The van der Waals surface area contributed by atoms with Crippen molar-refractivity contribution in [3.05, 3.63) is 24.3 Å². The van der Waals surface area contributed by atoms with E-state index in [0.717, 1.165) is 25.2 Å². The molecule has 0 atom stereocenters. The van der Waals surface area contributed by atoms with E-state index >= 15 is 0 Å². The zero-order chi connectivity index (χ0) is 18.8. The summed E-state index contributed by atoms with van der Waals surface area (Å²) in [7, 11) is 1.77. The molecule has 1 heterocycles. The van der Waals surface area contributed by atoms with Crippen LogP contribution in [0.1, 0.15) is 39.0 Å². The SMILES string of the molecule is CCCNC(=O)CN(C)CC(=O)Nc1ccc(N2CCCCCC2)cc1. The summed E-state index contributed by atoms with van der Waals surface area (Å²) >= 11 is 0. The highest BCUT2D eigenvalue weighted by atomic mass is 16.2. The standard InChI is InChI=1S/C20H32N4O2/c1-3-12-21-19(25)15-23(2)16-20(26)22-17-8-10-18(11-9-17)24-13-6-4-5-7-14-24/h8-11H,3-7,12-16H2,1-2H3,(H,21,25)(H,22,26). The van der Waals surface area contributed by atoms with Crippen molar-refractivity contribution in [2.24, 2.45) is 0 Å². The van der Waals surface area contributed by atoms with Crippen LogP contribution in [-0.4, -0.2) is 56.5 Å². The highest BCUT2D eigenvalue weighted by Crippen LogP contribution is 2.21. The number of hydrogen-bond donors (Lipinski definition) is 2. The molecule has 2 rings (SSSR count). The van der Waals surface area contributed by atoms with Crippen molar-refractivity contribution in [2.75, 3.05) is 50.0 Å². The Morgan fingerprint density at radius 2 is 1.62 bits per heavy atom. The number of benzene rings is 1. The van der Waals surface area contributed by atoms with Gasteiger partial charge in [0.25, 0.3) is 0 Å². The fraction of sp³-hybridized carbons (Fsp3) is 0.600. The van der Waals surface area contributed by atoms with Crippen molar-refractivity contribution in [2.45, 2.75) is 39.0 Å². The second kappa shape index (κ2) is 10.8. The van der Waals surface area contributed by atoms with Crippen LogP contribution in [-0.2, 0) is 9.59 Å². The van der Waals surface area contributed by atoms with Crippen molar-refractivity contribution >= 4 is 23.2 Å². The van der Waals surface area contributed by atoms with E-state index in [1.807, 2.05) is 19.1 Å². The zero-order valence-corrected chi connectivity index (χ0v) is 16.1. The molecule has 1 aliphatic rings. The van der Waals surface area contributed by atoms with E-state index in [2.05, 4.69) is 27.7 Å². The average molecular weight is 361 g/mol. The van der Waals surface area contributed by atoms with Crippen molar-refractivity contribution < 1.29 is 9.59 Å². The van der Waals surface area contributed by atoms with E-state index in [1.54, 1.807) is 11.9 Å². The fourth-order valence-corrected chi connectivity index (χ4v) is 3.15. The van der Waals surface area contributed by atoms with E-state index in [-0.39, 0.29) is 24.9 Å². The highest BCUT2D eigenvalue weighted by Gasteiger charge is 2.12. The summed E-state index contributed by atoms with van der Waals surface area (Å²) in [5, 5.41) is 5.71. The van der Waals surface area contributed by atoms with Gasteiger partial charge in [0.05, 0.1) is 13.1 Å². The summed E-state index contributed by atoms with van der Waals surface area (Å²) in [5.41, 5.74) is 2.01. The van der Waals surface area contributed by atoms with Gasteiger partial charge >= 0.3 is 0 Å². The molecule has 1 aromatic rings. The van der Waals surface area contributed by atoms with E-state index in [4.69, 9.17) is 0 Å². The summed E-state index contributed by atoms with van der Waals surface area (Å²) in [5.74, 6) is -0.165. The number of carbonyl (C=O) groups excluding carboxylic acids is 2. The Labute approximate surface area is 156 Å². The summed E-state index contributed by atoms with van der Waals surface area (Å²) in [6.45, 7) is 5.31. The molecule has 1 aliphatic heterocycles. The first-order valence-electron chi connectivity index (χ1n) is 9.68. The number of hydrogen-bond acceptors (Lipinski definition) is 4. The summed E-state index contributed by atoms with van der Waals surface area (Å²) < 4.78 is 0. The van der Waals surface area contributed by atoms with Crippen molar-refractivity contribution in [3.63, 3.8) is 0 Å². The maximum Gasteiger partial charge on any atom is 0.238 e. The van der Waals surface area contributed by atoms with Crippen molar-refractivity contribution in [3.8, 4) is 0 Å². The molecule has 1 aromatic carbocycles. The zero-order valence-electron chi connectivity index (χ0n) is 16.1. The molecule has 0 radical (unpaired) electrons. The largest absolute Gasteiger partial charge is 0.372 e. The van der Waals surface area contributed by atoms with E-state index in [1.165, 1.54) is 31.4 Å². The molecular formula is C20H32N4O2. The van der Waals surface area contributed by atoms with Crippen LogP contribution < -0.4 is 15.5 Å². The number of nitrogens with one attached hydrogen (secondary N) is 2. The second-order valence-electron chi connectivity index (χ2n) is 7.02. The van der Waals surface area contributed by atoms with Crippen LogP contribution in [0.5, 0.6) is 0 Å². The molecule has 1 saturated heterocycles. The van der Waals surface area contributed by atoms with Gasteiger partial charge in [0.15, 0.2) is 0 Å². The third-order valence-electron chi connectivity index (χ3n) is 4.52. The maximum absolute atomic E-state index is 12.2. The van der Waals surface area contributed by atoms with Gasteiger partial charge in [0.1, 0.15) is 0 Å². The first-order valence-corrected chi connectivity index (χ1v) is 9.68. The number of rotatable bonds is 8. The predicted octanol–water partition coefficient (Wildman–Crippen LogP) is 2.46. The number of anilines is 2. The molecule has 144 valence electrons. The van der Waals surface area contributed by atoms with Crippen molar-refractivity contribution in [1.29, 1.82) is 0 Å². The van der Waals surface area contributed by atoms with Gasteiger partial charge in [0, 0.05) is 31.0 Å². The minimum atomic E-state index is -0.113. The Bertz CT molecular complexity index is 566. The molecule has 2 amide bonds. The monoisotopic (exact) mass is 360 g/mol. The molecule has 0 bridgehead atoms. The number of amides is 2. The van der Waals surface area contributed by atoms with E-state index in [9.17, 15) is 9.59 Å². The van der Waals surface area contributed by atoms with Crippen LogP contribution in [0.2, 0.25) is 0 Å². The lowest BCUT2D eigenvalue weighted by Crippen LogP contribution is -2.39. The van der Waals surface area contributed by atoms with Gasteiger partial charge < -0.3 is 15.5 Å².